The minimum Gasteiger partial charge on any atom is -0.336 e. The van der Waals surface area contributed by atoms with Gasteiger partial charge in [-0.05, 0) is 25.1 Å². The van der Waals surface area contributed by atoms with Crippen molar-refractivity contribution in [1.82, 2.24) is 4.98 Å². The van der Waals surface area contributed by atoms with E-state index in [2.05, 4.69) is 10.3 Å². The van der Waals surface area contributed by atoms with E-state index in [4.69, 9.17) is 16.9 Å². The third-order valence-electron chi connectivity index (χ3n) is 2.41. The fraction of sp³-hybridized carbons (Fsp3) is 0.0769. The van der Waals surface area contributed by atoms with Gasteiger partial charge in [-0.1, -0.05) is 11.6 Å². The number of nitrogens with one attached hydrogen (secondary N) is 1. The monoisotopic (exact) mass is 279 g/mol. The van der Waals surface area contributed by atoms with Gasteiger partial charge in [0.2, 0.25) is 0 Å². The number of nitrogens with zero attached hydrogens (tertiary/aromatic N) is 2. The van der Waals surface area contributed by atoms with Gasteiger partial charge in [0, 0.05) is 11.8 Å². The number of benzene rings is 1. The van der Waals surface area contributed by atoms with Gasteiger partial charge < -0.3 is 5.32 Å². The number of rotatable bonds is 2. The SMILES string of the molecule is Cc1ccc(C#N)c(Nc2c(F)cc(F)cc2Cl)n1. The lowest BCUT2D eigenvalue weighted by Crippen LogP contribution is -2.01. The van der Waals surface area contributed by atoms with E-state index in [1.807, 2.05) is 6.07 Å². The van der Waals surface area contributed by atoms with E-state index in [1.54, 1.807) is 19.1 Å². The number of aryl methyl sites for hydroxylation is 1. The summed E-state index contributed by atoms with van der Waals surface area (Å²) < 4.78 is 26.6. The molecular weight excluding hydrogens is 272 g/mol. The van der Waals surface area contributed by atoms with Crippen molar-refractivity contribution in [2.45, 2.75) is 6.92 Å². The zero-order valence-corrected chi connectivity index (χ0v) is 10.6. The lowest BCUT2D eigenvalue weighted by molar-refractivity contribution is 0.586. The number of anilines is 2. The molecule has 0 aliphatic carbocycles. The van der Waals surface area contributed by atoms with Gasteiger partial charge in [-0.25, -0.2) is 13.8 Å². The van der Waals surface area contributed by atoms with Crippen LogP contribution in [0.1, 0.15) is 11.3 Å². The van der Waals surface area contributed by atoms with Crippen molar-refractivity contribution in [2.24, 2.45) is 0 Å². The second-order valence-electron chi connectivity index (χ2n) is 3.83. The molecule has 0 fully saturated rings. The maximum Gasteiger partial charge on any atom is 0.151 e. The second kappa shape index (κ2) is 5.21. The summed E-state index contributed by atoms with van der Waals surface area (Å²) in [5.41, 5.74) is 0.781. The molecule has 0 amide bonds. The van der Waals surface area contributed by atoms with Crippen LogP contribution in [0.25, 0.3) is 0 Å². The topological polar surface area (TPSA) is 48.7 Å². The molecule has 3 nitrogen and oxygen atoms in total. The highest BCUT2D eigenvalue weighted by Crippen LogP contribution is 2.29. The first kappa shape index (κ1) is 13.2. The lowest BCUT2D eigenvalue weighted by Gasteiger charge is -2.10. The minimum atomic E-state index is -0.850. The molecule has 1 aromatic heterocycles. The number of hydrogen-bond acceptors (Lipinski definition) is 3. The van der Waals surface area contributed by atoms with Crippen LogP contribution in [0.4, 0.5) is 20.3 Å². The Kier molecular flexibility index (Phi) is 3.63. The van der Waals surface area contributed by atoms with Gasteiger partial charge >= 0.3 is 0 Å². The maximum absolute atomic E-state index is 13.6. The molecule has 19 heavy (non-hydrogen) atoms. The van der Waals surface area contributed by atoms with Gasteiger partial charge in [-0.15, -0.1) is 0 Å². The van der Waals surface area contributed by atoms with E-state index in [0.717, 1.165) is 6.07 Å². The first-order chi connectivity index (χ1) is 9.01. The van der Waals surface area contributed by atoms with Crippen LogP contribution in [-0.4, -0.2) is 4.98 Å². The Hall–Kier alpha value is -2.19. The molecule has 0 atom stereocenters. The Labute approximate surface area is 113 Å². The molecule has 2 aromatic rings. The molecule has 6 heteroatoms. The van der Waals surface area contributed by atoms with Crippen molar-refractivity contribution in [3.8, 4) is 6.07 Å². The summed E-state index contributed by atoms with van der Waals surface area (Å²) in [5.74, 6) is -1.45. The number of nitriles is 1. The molecule has 0 radical (unpaired) electrons. The van der Waals surface area contributed by atoms with Crippen LogP contribution < -0.4 is 5.32 Å². The number of hydrogen-bond donors (Lipinski definition) is 1. The lowest BCUT2D eigenvalue weighted by atomic mass is 10.2. The van der Waals surface area contributed by atoms with Crippen LogP contribution in [0.5, 0.6) is 0 Å². The average Bonchev–Trinajstić information content (AvgIpc) is 2.34. The summed E-state index contributed by atoms with van der Waals surface area (Å²) in [7, 11) is 0. The van der Waals surface area contributed by atoms with E-state index in [1.165, 1.54) is 0 Å². The molecule has 1 N–H and O–H groups in total. The first-order valence-electron chi connectivity index (χ1n) is 5.30. The van der Waals surface area contributed by atoms with Gasteiger partial charge in [0.15, 0.2) is 5.82 Å². The van der Waals surface area contributed by atoms with Crippen LogP contribution in [0.2, 0.25) is 5.02 Å². The minimum absolute atomic E-state index is 0.113. The molecule has 96 valence electrons. The van der Waals surface area contributed by atoms with Gasteiger partial charge in [-0.2, -0.15) is 5.26 Å². The molecule has 1 aromatic carbocycles. The zero-order chi connectivity index (χ0) is 14.0. The Balaban J connectivity index is 2.48. The van der Waals surface area contributed by atoms with Gasteiger partial charge in [0.25, 0.3) is 0 Å². The third-order valence-corrected chi connectivity index (χ3v) is 2.70. The molecule has 0 saturated carbocycles. The van der Waals surface area contributed by atoms with Crippen molar-refractivity contribution >= 4 is 23.1 Å². The highest BCUT2D eigenvalue weighted by Gasteiger charge is 2.13. The predicted octanol–water partition coefficient (Wildman–Crippen LogP) is 3.94. The first-order valence-corrected chi connectivity index (χ1v) is 5.68. The van der Waals surface area contributed by atoms with E-state index < -0.39 is 11.6 Å². The Morgan fingerprint density at radius 1 is 1.32 bits per heavy atom. The van der Waals surface area contributed by atoms with Crippen LogP contribution in [0, 0.1) is 29.9 Å². The van der Waals surface area contributed by atoms with Crippen molar-refractivity contribution in [1.29, 1.82) is 5.26 Å². The van der Waals surface area contributed by atoms with E-state index >= 15 is 0 Å². The van der Waals surface area contributed by atoms with Crippen molar-refractivity contribution in [3.05, 3.63) is 52.2 Å². The molecule has 0 aliphatic rings. The molecule has 0 unspecified atom stereocenters. The van der Waals surface area contributed by atoms with Crippen molar-refractivity contribution in [3.63, 3.8) is 0 Å². The van der Waals surface area contributed by atoms with Crippen LogP contribution in [0.3, 0.4) is 0 Å². The largest absolute Gasteiger partial charge is 0.336 e. The molecule has 0 spiro atoms. The number of pyridine rings is 1. The van der Waals surface area contributed by atoms with Gasteiger partial charge in [0.1, 0.15) is 17.7 Å². The molecule has 1 heterocycles. The third kappa shape index (κ3) is 2.80. The standard InChI is InChI=1S/C13H8ClF2N3/c1-7-2-3-8(6-17)13(18-7)19-12-10(14)4-9(15)5-11(12)16/h2-5H,1H3,(H,18,19). The Morgan fingerprint density at radius 2 is 2.05 bits per heavy atom. The summed E-state index contributed by atoms with van der Waals surface area (Å²) in [5, 5.41) is 11.5. The highest BCUT2D eigenvalue weighted by atomic mass is 35.5. The second-order valence-corrected chi connectivity index (χ2v) is 4.24. The molecule has 0 bridgehead atoms. The van der Waals surface area contributed by atoms with Gasteiger partial charge in [0.05, 0.1) is 16.3 Å². The molecule has 0 aliphatic heterocycles. The Morgan fingerprint density at radius 3 is 2.68 bits per heavy atom. The molecule has 2 rings (SSSR count). The fourth-order valence-corrected chi connectivity index (χ4v) is 1.76. The van der Waals surface area contributed by atoms with E-state index in [9.17, 15) is 8.78 Å². The zero-order valence-electron chi connectivity index (χ0n) is 9.84. The summed E-state index contributed by atoms with van der Waals surface area (Å²) in [6.07, 6.45) is 0. The summed E-state index contributed by atoms with van der Waals surface area (Å²) in [6.45, 7) is 1.73. The van der Waals surface area contributed by atoms with E-state index in [-0.39, 0.29) is 22.1 Å². The highest BCUT2D eigenvalue weighted by molar-refractivity contribution is 6.33. The maximum atomic E-state index is 13.6. The van der Waals surface area contributed by atoms with Gasteiger partial charge in [-0.3, -0.25) is 0 Å². The summed E-state index contributed by atoms with van der Waals surface area (Å²) in [4.78, 5) is 4.09. The van der Waals surface area contributed by atoms with Crippen LogP contribution in [-0.2, 0) is 0 Å². The van der Waals surface area contributed by atoms with Crippen molar-refractivity contribution in [2.75, 3.05) is 5.32 Å². The van der Waals surface area contributed by atoms with Crippen LogP contribution in [0.15, 0.2) is 24.3 Å². The fourth-order valence-electron chi connectivity index (χ4n) is 1.52. The number of halogens is 3. The van der Waals surface area contributed by atoms with Crippen molar-refractivity contribution < 1.29 is 8.78 Å². The normalized spacial score (nSPS) is 10.1. The number of aromatic nitrogens is 1. The molecular formula is C13H8ClF2N3. The smallest absolute Gasteiger partial charge is 0.151 e. The summed E-state index contributed by atoms with van der Waals surface area (Å²) >= 11 is 5.77. The Bertz CT molecular complexity index is 657. The van der Waals surface area contributed by atoms with E-state index in [0.29, 0.717) is 11.8 Å². The molecule has 0 saturated heterocycles. The summed E-state index contributed by atoms with van der Waals surface area (Å²) in [6, 6.07) is 6.83. The quantitative estimate of drug-likeness (QED) is 0.906. The van der Waals surface area contributed by atoms with Crippen LogP contribution >= 0.6 is 11.6 Å². The predicted molar refractivity (Wildman–Crippen MR) is 68.3 cm³/mol. The average molecular weight is 280 g/mol.